The van der Waals surface area contributed by atoms with Gasteiger partial charge in [-0.15, -0.1) is 0 Å². The van der Waals surface area contributed by atoms with Crippen LogP contribution in [-0.2, 0) is 9.53 Å². The van der Waals surface area contributed by atoms with Crippen LogP contribution in [0.3, 0.4) is 0 Å². The molecule has 6 heteroatoms. The number of carbonyl (C=O) groups excluding carboxylic acids is 1. The second kappa shape index (κ2) is 6.50. The van der Waals surface area contributed by atoms with Crippen LogP contribution in [0.1, 0.15) is 42.6 Å². The number of benzene rings is 1. The van der Waals surface area contributed by atoms with Crippen LogP contribution in [0.15, 0.2) is 34.9 Å². The summed E-state index contributed by atoms with van der Waals surface area (Å²) in [5, 5.41) is 3.84. The molecule has 0 N–H and O–H groups in total. The average Bonchev–Trinajstić information content (AvgIpc) is 3.20. The van der Waals surface area contributed by atoms with Crippen molar-refractivity contribution in [1.82, 2.24) is 15.0 Å². The molecule has 6 nitrogen and oxygen atoms in total. The molecule has 3 rings (SSSR count). The summed E-state index contributed by atoms with van der Waals surface area (Å²) in [5.41, 5.74) is 0.999. The van der Waals surface area contributed by atoms with E-state index in [4.69, 9.17) is 9.26 Å². The Morgan fingerprint density at radius 2 is 2.13 bits per heavy atom. The molecule has 23 heavy (non-hydrogen) atoms. The van der Waals surface area contributed by atoms with Crippen molar-refractivity contribution in [3.63, 3.8) is 0 Å². The largest absolute Gasteiger partial charge is 0.380 e. The van der Waals surface area contributed by atoms with Crippen LogP contribution < -0.4 is 0 Å². The third-order valence-electron chi connectivity index (χ3n) is 4.38. The SMILES string of the molecule is CO[C@H]1C[C@H](c2nc(C)no2)N(C(=O)[C@@H](C)c2ccccc2)C1. The molecule has 1 amide bonds. The molecule has 1 aliphatic heterocycles. The molecule has 1 fully saturated rings. The quantitative estimate of drug-likeness (QED) is 0.867. The highest BCUT2D eigenvalue weighted by molar-refractivity contribution is 5.84. The summed E-state index contributed by atoms with van der Waals surface area (Å²) in [4.78, 5) is 19.1. The number of hydrogen-bond acceptors (Lipinski definition) is 5. The zero-order valence-corrected chi connectivity index (χ0v) is 13.6. The second-order valence-corrected chi connectivity index (χ2v) is 5.91. The number of hydrogen-bond donors (Lipinski definition) is 0. The number of nitrogens with zero attached hydrogens (tertiary/aromatic N) is 3. The van der Waals surface area contributed by atoms with E-state index in [-0.39, 0.29) is 24.0 Å². The summed E-state index contributed by atoms with van der Waals surface area (Å²) >= 11 is 0. The van der Waals surface area contributed by atoms with Crippen LogP contribution in [-0.4, -0.2) is 40.7 Å². The predicted octanol–water partition coefficient (Wildman–Crippen LogP) is 2.47. The van der Waals surface area contributed by atoms with E-state index in [1.807, 2.05) is 37.3 Å². The maximum atomic E-state index is 13.0. The molecule has 0 unspecified atom stereocenters. The van der Waals surface area contributed by atoms with Gasteiger partial charge in [-0.05, 0) is 19.4 Å². The molecule has 2 heterocycles. The number of methoxy groups -OCH3 is 1. The molecule has 1 aromatic heterocycles. The number of rotatable bonds is 4. The van der Waals surface area contributed by atoms with Gasteiger partial charge in [0.1, 0.15) is 6.04 Å². The van der Waals surface area contributed by atoms with Crippen molar-refractivity contribution in [2.24, 2.45) is 0 Å². The summed E-state index contributed by atoms with van der Waals surface area (Å²) < 4.78 is 10.7. The molecular formula is C17H21N3O3. The molecule has 0 aliphatic carbocycles. The fraction of sp³-hybridized carbons (Fsp3) is 0.471. The van der Waals surface area contributed by atoms with Gasteiger partial charge in [0.25, 0.3) is 0 Å². The Kier molecular flexibility index (Phi) is 4.43. The minimum Gasteiger partial charge on any atom is -0.380 e. The van der Waals surface area contributed by atoms with Crippen molar-refractivity contribution in [3.8, 4) is 0 Å². The van der Waals surface area contributed by atoms with Crippen molar-refractivity contribution in [3.05, 3.63) is 47.6 Å². The minimum atomic E-state index is -0.224. The highest BCUT2D eigenvalue weighted by atomic mass is 16.5. The zero-order valence-electron chi connectivity index (χ0n) is 13.6. The molecule has 0 bridgehead atoms. The summed E-state index contributed by atoms with van der Waals surface area (Å²) in [6.07, 6.45) is 0.657. The molecule has 2 aromatic rings. The van der Waals surface area contributed by atoms with Crippen LogP contribution in [0.25, 0.3) is 0 Å². The molecule has 122 valence electrons. The van der Waals surface area contributed by atoms with Gasteiger partial charge in [-0.25, -0.2) is 0 Å². The fourth-order valence-electron chi connectivity index (χ4n) is 3.03. The Morgan fingerprint density at radius 3 is 2.74 bits per heavy atom. The fourth-order valence-corrected chi connectivity index (χ4v) is 3.03. The van der Waals surface area contributed by atoms with Gasteiger partial charge in [-0.2, -0.15) is 4.98 Å². The average molecular weight is 315 g/mol. The molecule has 0 saturated carbocycles. The second-order valence-electron chi connectivity index (χ2n) is 5.91. The predicted molar refractivity (Wildman–Crippen MR) is 83.8 cm³/mol. The van der Waals surface area contributed by atoms with E-state index < -0.39 is 0 Å². The minimum absolute atomic E-state index is 0.0147. The van der Waals surface area contributed by atoms with Crippen molar-refractivity contribution in [1.29, 1.82) is 0 Å². The van der Waals surface area contributed by atoms with Crippen LogP contribution in [0.2, 0.25) is 0 Å². The molecular weight excluding hydrogens is 294 g/mol. The van der Waals surface area contributed by atoms with Gasteiger partial charge in [0.05, 0.1) is 12.0 Å². The zero-order chi connectivity index (χ0) is 16.4. The summed E-state index contributed by atoms with van der Waals surface area (Å²) in [7, 11) is 1.66. The molecule has 0 radical (unpaired) electrons. The van der Waals surface area contributed by atoms with E-state index in [2.05, 4.69) is 10.1 Å². The summed E-state index contributed by atoms with van der Waals surface area (Å²) in [6.45, 7) is 4.24. The smallest absolute Gasteiger partial charge is 0.249 e. The lowest BCUT2D eigenvalue weighted by Gasteiger charge is -2.25. The number of aromatic nitrogens is 2. The molecule has 1 saturated heterocycles. The highest BCUT2D eigenvalue weighted by Crippen LogP contribution is 2.35. The number of amides is 1. The molecule has 1 aromatic carbocycles. The van der Waals surface area contributed by atoms with E-state index in [1.165, 1.54) is 0 Å². The van der Waals surface area contributed by atoms with E-state index in [0.29, 0.717) is 24.7 Å². The topological polar surface area (TPSA) is 68.5 Å². The lowest BCUT2D eigenvalue weighted by atomic mass is 9.99. The Morgan fingerprint density at radius 1 is 1.39 bits per heavy atom. The van der Waals surface area contributed by atoms with Crippen LogP contribution >= 0.6 is 0 Å². The Labute approximate surface area is 135 Å². The number of aryl methyl sites for hydroxylation is 1. The maximum Gasteiger partial charge on any atom is 0.249 e. The first-order valence-corrected chi connectivity index (χ1v) is 7.78. The molecule has 1 aliphatic rings. The number of ether oxygens (including phenoxy) is 1. The lowest BCUT2D eigenvalue weighted by Crippen LogP contribution is -2.35. The Balaban J connectivity index is 1.84. The number of carbonyl (C=O) groups is 1. The van der Waals surface area contributed by atoms with E-state index in [1.54, 1.807) is 18.9 Å². The Bertz CT molecular complexity index is 671. The standard InChI is InChI=1S/C17H21N3O3/c1-11(13-7-5-4-6-8-13)17(21)20-10-14(22-3)9-15(20)16-18-12(2)19-23-16/h4-8,11,14-15H,9-10H2,1-3H3/t11-,14-,15+/m0/s1. The number of likely N-dealkylation sites (tertiary alicyclic amines) is 1. The van der Waals surface area contributed by atoms with Gasteiger partial charge in [0.15, 0.2) is 5.82 Å². The first kappa shape index (κ1) is 15.7. The first-order valence-electron chi connectivity index (χ1n) is 7.78. The summed E-state index contributed by atoms with van der Waals surface area (Å²) in [5.74, 6) is 0.884. The van der Waals surface area contributed by atoms with Crippen LogP contribution in [0.4, 0.5) is 0 Å². The van der Waals surface area contributed by atoms with Crippen molar-refractivity contribution >= 4 is 5.91 Å². The third kappa shape index (κ3) is 3.12. The Hall–Kier alpha value is -2.21. The molecule has 0 spiro atoms. The van der Waals surface area contributed by atoms with Gasteiger partial charge < -0.3 is 14.2 Å². The van der Waals surface area contributed by atoms with Gasteiger partial charge >= 0.3 is 0 Å². The van der Waals surface area contributed by atoms with Crippen LogP contribution in [0, 0.1) is 6.92 Å². The highest BCUT2D eigenvalue weighted by Gasteiger charge is 2.40. The molecule has 3 atom stereocenters. The summed E-state index contributed by atoms with van der Waals surface area (Å²) in [6, 6.07) is 9.55. The van der Waals surface area contributed by atoms with E-state index in [9.17, 15) is 4.79 Å². The third-order valence-corrected chi connectivity index (χ3v) is 4.38. The first-order chi connectivity index (χ1) is 11.1. The van der Waals surface area contributed by atoms with Crippen molar-refractivity contribution in [2.75, 3.05) is 13.7 Å². The van der Waals surface area contributed by atoms with Gasteiger partial charge in [0, 0.05) is 20.1 Å². The van der Waals surface area contributed by atoms with Gasteiger partial charge in [0.2, 0.25) is 11.8 Å². The maximum absolute atomic E-state index is 13.0. The van der Waals surface area contributed by atoms with E-state index in [0.717, 1.165) is 5.56 Å². The van der Waals surface area contributed by atoms with E-state index >= 15 is 0 Å². The van der Waals surface area contributed by atoms with Crippen LogP contribution in [0.5, 0.6) is 0 Å². The van der Waals surface area contributed by atoms with Gasteiger partial charge in [-0.1, -0.05) is 35.5 Å². The normalized spacial score (nSPS) is 22.3. The van der Waals surface area contributed by atoms with Gasteiger partial charge in [-0.3, -0.25) is 4.79 Å². The monoisotopic (exact) mass is 315 g/mol. The van der Waals surface area contributed by atoms with Crippen molar-refractivity contribution in [2.45, 2.75) is 38.3 Å². The lowest BCUT2D eigenvalue weighted by molar-refractivity contribution is -0.134. The van der Waals surface area contributed by atoms with Crippen molar-refractivity contribution < 1.29 is 14.1 Å².